The van der Waals surface area contributed by atoms with E-state index in [1.165, 1.54) is 11.1 Å². The molecule has 154 valence electrons. The Balaban J connectivity index is 1.74. The molecule has 2 aromatic carbocycles. The number of benzene rings is 2. The van der Waals surface area contributed by atoms with E-state index in [2.05, 4.69) is 29.2 Å². The predicted molar refractivity (Wildman–Crippen MR) is 110 cm³/mol. The van der Waals surface area contributed by atoms with Crippen molar-refractivity contribution in [2.45, 2.75) is 26.2 Å². The molecule has 0 fully saturated rings. The van der Waals surface area contributed by atoms with Gasteiger partial charge in [-0.3, -0.25) is 4.90 Å². The van der Waals surface area contributed by atoms with Gasteiger partial charge in [-0.05, 0) is 18.1 Å². The quantitative estimate of drug-likeness (QED) is 0.429. The number of hydrogen-bond donors (Lipinski definition) is 0. The summed E-state index contributed by atoms with van der Waals surface area (Å²) in [5, 5.41) is 0. The molecule has 0 bridgehead atoms. The minimum Gasteiger partial charge on any atom is -0.379 e. The molecule has 0 amide bonds. The van der Waals surface area contributed by atoms with E-state index >= 15 is 0 Å². The maximum absolute atomic E-state index is 14.5. The van der Waals surface area contributed by atoms with E-state index in [0.29, 0.717) is 52.7 Å². The standard InChI is InChI=1S/C23H32FNO3/c1-2-26-13-14-27-15-16-28-20-23(24)19-25(17-21-9-5-3-6-10-21)18-22-11-7-4-8-12-22/h3-12,23H,2,13-20H2,1H3. The maximum atomic E-state index is 14.5. The van der Waals surface area contributed by atoms with Crippen LogP contribution in [0.5, 0.6) is 0 Å². The molecule has 0 N–H and O–H groups in total. The van der Waals surface area contributed by atoms with Crippen LogP contribution in [0.3, 0.4) is 0 Å². The monoisotopic (exact) mass is 389 g/mol. The fraction of sp³-hybridized carbons (Fsp3) is 0.478. The summed E-state index contributed by atoms with van der Waals surface area (Å²) in [6.07, 6.45) is -1.05. The molecule has 1 unspecified atom stereocenters. The number of nitrogens with zero attached hydrogens (tertiary/aromatic N) is 1. The summed E-state index contributed by atoms with van der Waals surface area (Å²) in [6, 6.07) is 20.3. The lowest BCUT2D eigenvalue weighted by molar-refractivity contribution is 0.000492. The summed E-state index contributed by atoms with van der Waals surface area (Å²) in [5.74, 6) is 0. The Morgan fingerprint density at radius 1 is 0.750 bits per heavy atom. The molecular formula is C23H32FNO3. The summed E-state index contributed by atoms with van der Waals surface area (Å²) in [7, 11) is 0. The Morgan fingerprint density at radius 3 is 1.79 bits per heavy atom. The minimum atomic E-state index is -1.05. The van der Waals surface area contributed by atoms with Gasteiger partial charge in [0.25, 0.3) is 0 Å². The fourth-order valence-electron chi connectivity index (χ4n) is 2.89. The van der Waals surface area contributed by atoms with Crippen molar-refractivity contribution in [3.8, 4) is 0 Å². The molecule has 0 aliphatic heterocycles. The molecule has 2 rings (SSSR count). The van der Waals surface area contributed by atoms with Gasteiger partial charge in [0.05, 0.1) is 33.0 Å². The van der Waals surface area contributed by atoms with E-state index in [-0.39, 0.29) is 6.61 Å². The topological polar surface area (TPSA) is 30.9 Å². The molecule has 0 heterocycles. The lowest BCUT2D eigenvalue weighted by atomic mass is 10.1. The number of hydrogen-bond acceptors (Lipinski definition) is 4. The van der Waals surface area contributed by atoms with Crippen LogP contribution in [0.4, 0.5) is 4.39 Å². The first kappa shape index (κ1) is 22.5. The average Bonchev–Trinajstić information content (AvgIpc) is 2.71. The normalized spacial score (nSPS) is 12.4. The lowest BCUT2D eigenvalue weighted by Crippen LogP contribution is -2.32. The van der Waals surface area contributed by atoms with Crippen molar-refractivity contribution in [1.29, 1.82) is 0 Å². The largest absolute Gasteiger partial charge is 0.379 e. The fourth-order valence-corrected chi connectivity index (χ4v) is 2.89. The van der Waals surface area contributed by atoms with Crippen LogP contribution >= 0.6 is 0 Å². The Bertz CT molecular complexity index is 570. The highest BCUT2D eigenvalue weighted by Crippen LogP contribution is 2.12. The minimum absolute atomic E-state index is 0.0783. The molecule has 0 aliphatic rings. The van der Waals surface area contributed by atoms with E-state index in [1.807, 2.05) is 43.3 Å². The maximum Gasteiger partial charge on any atom is 0.136 e. The zero-order chi connectivity index (χ0) is 19.9. The van der Waals surface area contributed by atoms with Crippen LogP contribution in [0, 0.1) is 0 Å². The van der Waals surface area contributed by atoms with Crippen molar-refractivity contribution in [2.24, 2.45) is 0 Å². The number of rotatable bonds is 15. The van der Waals surface area contributed by atoms with Crippen LogP contribution in [-0.2, 0) is 27.3 Å². The van der Waals surface area contributed by atoms with Crippen molar-refractivity contribution in [1.82, 2.24) is 4.90 Å². The van der Waals surface area contributed by atoms with Crippen molar-refractivity contribution in [2.75, 3.05) is 46.2 Å². The van der Waals surface area contributed by atoms with Gasteiger partial charge in [-0.2, -0.15) is 0 Å². The third kappa shape index (κ3) is 9.95. The molecule has 0 aromatic heterocycles. The Labute approximate surface area is 168 Å². The van der Waals surface area contributed by atoms with Gasteiger partial charge in [-0.15, -0.1) is 0 Å². The summed E-state index contributed by atoms with van der Waals surface area (Å²) in [5.41, 5.74) is 2.35. The van der Waals surface area contributed by atoms with E-state index in [1.54, 1.807) is 0 Å². The van der Waals surface area contributed by atoms with E-state index in [9.17, 15) is 4.39 Å². The highest BCUT2D eigenvalue weighted by molar-refractivity contribution is 5.17. The van der Waals surface area contributed by atoms with Crippen molar-refractivity contribution in [3.63, 3.8) is 0 Å². The Kier molecular flexibility index (Phi) is 11.4. The second-order valence-electron chi connectivity index (χ2n) is 6.62. The first-order valence-electron chi connectivity index (χ1n) is 9.95. The molecule has 0 saturated heterocycles. The summed E-state index contributed by atoms with van der Waals surface area (Å²) in [4.78, 5) is 2.12. The number of halogens is 1. The molecule has 2 aromatic rings. The van der Waals surface area contributed by atoms with Crippen molar-refractivity contribution < 1.29 is 18.6 Å². The van der Waals surface area contributed by atoms with Gasteiger partial charge in [0.15, 0.2) is 0 Å². The van der Waals surface area contributed by atoms with Gasteiger partial charge in [0.1, 0.15) is 6.17 Å². The van der Waals surface area contributed by atoms with Crippen LogP contribution in [-0.4, -0.2) is 57.3 Å². The zero-order valence-electron chi connectivity index (χ0n) is 16.8. The molecule has 0 aliphatic carbocycles. The predicted octanol–water partition coefficient (Wildman–Crippen LogP) is 4.10. The lowest BCUT2D eigenvalue weighted by Gasteiger charge is -2.24. The first-order chi connectivity index (χ1) is 13.8. The SMILES string of the molecule is CCOCCOCCOCC(F)CN(Cc1ccccc1)Cc1ccccc1. The van der Waals surface area contributed by atoms with Gasteiger partial charge in [-0.1, -0.05) is 60.7 Å². The van der Waals surface area contributed by atoms with Crippen LogP contribution in [0.25, 0.3) is 0 Å². The molecule has 1 atom stereocenters. The van der Waals surface area contributed by atoms with Gasteiger partial charge in [0, 0.05) is 26.2 Å². The molecule has 4 nitrogen and oxygen atoms in total. The average molecular weight is 390 g/mol. The van der Waals surface area contributed by atoms with E-state index in [0.717, 1.165) is 0 Å². The molecule has 5 heteroatoms. The highest BCUT2D eigenvalue weighted by Gasteiger charge is 2.15. The summed E-state index contributed by atoms with van der Waals surface area (Å²) >= 11 is 0. The third-order valence-electron chi connectivity index (χ3n) is 4.20. The molecule has 0 saturated carbocycles. The van der Waals surface area contributed by atoms with Crippen molar-refractivity contribution in [3.05, 3.63) is 71.8 Å². The molecular weight excluding hydrogens is 357 g/mol. The van der Waals surface area contributed by atoms with Crippen LogP contribution in [0.2, 0.25) is 0 Å². The molecule has 28 heavy (non-hydrogen) atoms. The smallest absolute Gasteiger partial charge is 0.136 e. The second-order valence-corrected chi connectivity index (χ2v) is 6.62. The van der Waals surface area contributed by atoms with Gasteiger partial charge < -0.3 is 14.2 Å². The zero-order valence-corrected chi connectivity index (χ0v) is 16.8. The Morgan fingerprint density at radius 2 is 1.25 bits per heavy atom. The van der Waals surface area contributed by atoms with Crippen LogP contribution in [0.1, 0.15) is 18.1 Å². The highest BCUT2D eigenvalue weighted by atomic mass is 19.1. The van der Waals surface area contributed by atoms with Gasteiger partial charge in [0.2, 0.25) is 0 Å². The third-order valence-corrected chi connectivity index (χ3v) is 4.20. The second kappa shape index (κ2) is 14.2. The number of ether oxygens (including phenoxy) is 3. The van der Waals surface area contributed by atoms with Gasteiger partial charge in [-0.25, -0.2) is 4.39 Å². The first-order valence-corrected chi connectivity index (χ1v) is 9.95. The molecule has 0 radical (unpaired) electrons. The summed E-state index contributed by atoms with van der Waals surface area (Å²) < 4.78 is 30.5. The van der Waals surface area contributed by atoms with E-state index < -0.39 is 6.17 Å². The molecule has 0 spiro atoms. The van der Waals surface area contributed by atoms with Crippen molar-refractivity contribution >= 4 is 0 Å². The van der Waals surface area contributed by atoms with E-state index in [4.69, 9.17) is 14.2 Å². The summed E-state index contributed by atoms with van der Waals surface area (Å²) in [6.45, 7) is 6.42. The van der Waals surface area contributed by atoms with Crippen LogP contribution < -0.4 is 0 Å². The number of alkyl halides is 1. The van der Waals surface area contributed by atoms with Gasteiger partial charge >= 0.3 is 0 Å². The van der Waals surface area contributed by atoms with Crippen LogP contribution in [0.15, 0.2) is 60.7 Å². The Hall–Kier alpha value is -1.79.